The summed E-state index contributed by atoms with van der Waals surface area (Å²) < 4.78 is 36.3. The molecule has 1 N–H and O–H groups in total. The normalized spacial score (nSPS) is 15.8. The molecule has 1 aliphatic heterocycles. The lowest BCUT2D eigenvalue weighted by Crippen LogP contribution is -2.48. The van der Waals surface area contributed by atoms with Gasteiger partial charge in [0.05, 0.1) is 49.5 Å². The summed E-state index contributed by atoms with van der Waals surface area (Å²) in [5, 5.41) is 7.59. The Morgan fingerprint density at radius 3 is 2.50 bits per heavy atom. The molecule has 4 rings (SSSR count). The number of carbonyl (C=O) groups is 1. The van der Waals surface area contributed by atoms with Gasteiger partial charge in [-0.1, -0.05) is 23.2 Å². The van der Waals surface area contributed by atoms with Crippen LogP contribution < -0.4 is 10.2 Å². The molecule has 1 fully saturated rings. The Labute approximate surface area is 269 Å². The van der Waals surface area contributed by atoms with E-state index >= 15 is 0 Å². The second kappa shape index (κ2) is 16.2. The van der Waals surface area contributed by atoms with Crippen molar-refractivity contribution in [3.05, 3.63) is 63.8 Å². The van der Waals surface area contributed by atoms with Crippen LogP contribution in [0.2, 0.25) is 10.0 Å². The standard InChI is InChI=1S/C31H41Cl2N4O6P/c1-5-42-44(39,43-6-2)18-8-17-41-21-23-9-7-16-36(20-23)35-31(38)29-22(3)30(24-10-13-26(40-4)14-11-24)37(34-29)28-15-12-25(32)19-27(28)33/h10-15,19,23H,5-9,16-18,20-21H2,1-4H3,(H,35,38). The van der Waals surface area contributed by atoms with Crippen molar-refractivity contribution in [2.24, 2.45) is 5.92 Å². The van der Waals surface area contributed by atoms with E-state index in [1.807, 2.05) is 36.2 Å². The maximum atomic E-state index is 13.6. The van der Waals surface area contributed by atoms with Gasteiger partial charge in [0.25, 0.3) is 5.91 Å². The number of ether oxygens (including phenoxy) is 2. The molecule has 3 aromatic rings. The van der Waals surface area contributed by atoms with Gasteiger partial charge in [0.1, 0.15) is 5.75 Å². The summed E-state index contributed by atoms with van der Waals surface area (Å²) in [6.07, 6.45) is 2.82. The first-order chi connectivity index (χ1) is 21.2. The van der Waals surface area contributed by atoms with Crippen molar-refractivity contribution in [1.82, 2.24) is 20.2 Å². The van der Waals surface area contributed by atoms with Crippen molar-refractivity contribution in [1.29, 1.82) is 0 Å². The highest BCUT2D eigenvalue weighted by Gasteiger charge is 2.27. The van der Waals surface area contributed by atoms with Crippen LogP contribution in [0.1, 0.15) is 49.2 Å². The molecular weight excluding hydrogens is 626 g/mol. The molecule has 2 aromatic carbocycles. The largest absolute Gasteiger partial charge is 0.497 e. The van der Waals surface area contributed by atoms with Crippen molar-refractivity contribution in [3.8, 4) is 22.7 Å². The number of amides is 1. The predicted molar refractivity (Wildman–Crippen MR) is 173 cm³/mol. The third kappa shape index (κ3) is 8.85. The molecule has 1 unspecified atom stereocenters. The minimum Gasteiger partial charge on any atom is -0.497 e. The Morgan fingerprint density at radius 1 is 1.11 bits per heavy atom. The zero-order chi connectivity index (χ0) is 31.7. The maximum absolute atomic E-state index is 13.6. The molecule has 2 heterocycles. The zero-order valence-corrected chi connectivity index (χ0v) is 28.1. The van der Waals surface area contributed by atoms with Crippen LogP contribution in [0, 0.1) is 12.8 Å². The van der Waals surface area contributed by atoms with Crippen LogP contribution >= 0.6 is 30.8 Å². The Hall–Kier alpha value is -2.43. The highest BCUT2D eigenvalue weighted by molar-refractivity contribution is 7.53. The number of nitrogens with zero attached hydrogens (tertiary/aromatic N) is 3. The molecule has 0 spiro atoms. The van der Waals surface area contributed by atoms with Gasteiger partial charge in [0, 0.05) is 35.8 Å². The molecule has 0 saturated carbocycles. The quantitative estimate of drug-likeness (QED) is 0.134. The van der Waals surface area contributed by atoms with Crippen molar-refractivity contribution in [2.75, 3.05) is 52.8 Å². The fourth-order valence-electron chi connectivity index (χ4n) is 5.30. The number of hydrogen-bond donors (Lipinski definition) is 1. The topological polar surface area (TPSA) is 104 Å². The number of halogens is 2. The molecule has 10 nitrogen and oxygen atoms in total. The molecule has 0 bridgehead atoms. The number of piperidine rings is 1. The van der Waals surface area contributed by atoms with Crippen molar-refractivity contribution in [2.45, 2.75) is 40.0 Å². The third-order valence-corrected chi connectivity index (χ3v) is 10.0. The van der Waals surface area contributed by atoms with Gasteiger partial charge >= 0.3 is 7.60 Å². The van der Waals surface area contributed by atoms with Gasteiger partial charge < -0.3 is 18.5 Å². The third-order valence-electron chi connectivity index (χ3n) is 7.34. The Morgan fingerprint density at radius 2 is 1.84 bits per heavy atom. The summed E-state index contributed by atoms with van der Waals surface area (Å²) >= 11 is 12.7. The van der Waals surface area contributed by atoms with Gasteiger partial charge in [0.2, 0.25) is 0 Å². The zero-order valence-electron chi connectivity index (χ0n) is 25.7. The lowest BCUT2D eigenvalue weighted by atomic mass is 10.0. The van der Waals surface area contributed by atoms with Gasteiger partial charge in [-0.2, -0.15) is 5.10 Å². The van der Waals surface area contributed by atoms with E-state index in [-0.39, 0.29) is 11.8 Å². The summed E-state index contributed by atoms with van der Waals surface area (Å²) in [7, 11) is -1.45. The van der Waals surface area contributed by atoms with Crippen LogP contribution in [-0.4, -0.2) is 73.5 Å². The van der Waals surface area contributed by atoms with E-state index < -0.39 is 7.60 Å². The SMILES string of the molecule is CCOP(=O)(CCCOCC1CCCN(NC(=O)c2nn(-c3ccc(Cl)cc3Cl)c(-c3ccc(OC)cc3)c2C)C1)OCC. The smallest absolute Gasteiger partial charge is 0.330 e. The second-order valence-corrected chi connectivity index (χ2v) is 13.6. The van der Waals surface area contributed by atoms with Crippen LogP contribution in [0.5, 0.6) is 5.75 Å². The van der Waals surface area contributed by atoms with E-state index in [0.717, 1.165) is 36.4 Å². The molecule has 1 aliphatic rings. The number of rotatable bonds is 15. The number of carbonyl (C=O) groups excluding carboxylic acids is 1. The molecular formula is C31H41Cl2N4O6P. The van der Waals surface area contributed by atoms with Gasteiger partial charge in [-0.15, -0.1) is 0 Å². The lowest BCUT2D eigenvalue weighted by molar-refractivity contribution is 0.0378. The minimum atomic E-state index is -3.06. The van der Waals surface area contributed by atoms with E-state index in [1.165, 1.54) is 0 Å². The van der Waals surface area contributed by atoms with Crippen LogP contribution in [0.25, 0.3) is 16.9 Å². The number of hydrazine groups is 1. The van der Waals surface area contributed by atoms with Crippen LogP contribution in [0.4, 0.5) is 0 Å². The van der Waals surface area contributed by atoms with E-state index in [9.17, 15) is 9.36 Å². The van der Waals surface area contributed by atoms with E-state index in [0.29, 0.717) is 72.5 Å². The lowest BCUT2D eigenvalue weighted by Gasteiger charge is -2.32. The Bertz CT molecular complexity index is 1440. The molecule has 0 radical (unpaired) electrons. The average molecular weight is 668 g/mol. The molecule has 1 aromatic heterocycles. The fraction of sp³-hybridized carbons (Fsp3) is 0.484. The van der Waals surface area contributed by atoms with Crippen LogP contribution in [0.3, 0.4) is 0 Å². The highest BCUT2D eigenvalue weighted by Crippen LogP contribution is 2.48. The van der Waals surface area contributed by atoms with Gasteiger partial charge in [-0.25, -0.2) is 9.69 Å². The first kappa shape index (κ1) is 34.4. The summed E-state index contributed by atoms with van der Waals surface area (Å²) in [6.45, 7) is 8.56. The number of methoxy groups -OCH3 is 1. The number of benzene rings is 2. The highest BCUT2D eigenvalue weighted by atomic mass is 35.5. The van der Waals surface area contributed by atoms with Gasteiger partial charge in [-0.05, 0) is 88.4 Å². The van der Waals surface area contributed by atoms with Crippen molar-refractivity contribution < 1.29 is 27.9 Å². The number of aromatic nitrogens is 2. The molecule has 1 amide bonds. The van der Waals surface area contributed by atoms with Crippen LogP contribution in [0.15, 0.2) is 42.5 Å². The molecule has 0 aliphatic carbocycles. The Balaban J connectivity index is 1.43. The predicted octanol–water partition coefficient (Wildman–Crippen LogP) is 7.19. The second-order valence-electron chi connectivity index (χ2n) is 10.6. The molecule has 1 saturated heterocycles. The number of nitrogens with one attached hydrogen (secondary N) is 1. The first-order valence-corrected chi connectivity index (χ1v) is 17.4. The summed E-state index contributed by atoms with van der Waals surface area (Å²) in [5.41, 5.74) is 6.28. The minimum absolute atomic E-state index is 0.246. The van der Waals surface area contributed by atoms with Crippen molar-refractivity contribution >= 4 is 36.7 Å². The summed E-state index contributed by atoms with van der Waals surface area (Å²) in [5.74, 6) is 0.668. The molecule has 1 atom stereocenters. The summed E-state index contributed by atoms with van der Waals surface area (Å²) in [4.78, 5) is 13.6. The van der Waals surface area contributed by atoms with E-state index in [2.05, 4.69) is 5.43 Å². The molecule has 44 heavy (non-hydrogen) atoms. The van der Waals surface area contributed by atoms with Crippen LogP contribution in [-0.2, 0) is 18.3 Å². The molecule has 13 heteroatoms. The van der Waals surface area contributed by atoms with E-state index in [1.54, 1.807) is 43.8 Å². The van der Waals surface area contributed by atoms with Crippen molar-refractivity contribution in [3.63, 3.8) is 0 Å². The molecule has 240 valence electrons. The average Bonchev–Trinajstić information content (AvgIpc) is 3.34. The van der Waals surface area contributed by atoms with Gasteiger partial charge in [0.15, 0.2) is 5.69 Å². The first-order valence-electron chi connectivity index (χ1n) is 14.9. The maximum Gasteiger partial charge on any atom is 0.330 e. The Kier molecular flexibility index (Phi) is 12.7. The van der Waals surface area contributed by atoms with E-state index in [4.69, 9.17) is 46.8 Å². The van der Waals surface area contributed by atoms with Gasteiger partial charge in [-0.3, -0.25) is 14.8 Å². The monoisotopic (exact) mass is 666 g/mol. The summed E-state index contributed by atoms with van der Waals surface area (Å²) in [6, 6.07) is 12.7. The fourth-order valence-corrected chi connectivity index (χ4v) is 7.42. The number of hydrogen-bond acceptors (Lipinski definition) is 8.